The van der Waals surface area contributed by atoms with Gasteiger partial charge in [0, 0.05) is 38.5 Å². The second-order valence-corrected chi connectivity index (χ2v) is 11.5. The van der Waals surface area contributed by atoms with Crippen LogP contribution in [0, 0.1) is 5.92 Å². The molecular weight excluding hydrogens is 480 g/mol. The van der Waals surface area contributed by atoms with Crippen LogP contribution in [0.25, 0.3) is 0 Å². The molecule has 2 aromatic rings. The van der Waals surface area contributed by atoms with E-state index in [4.69, 9.17) is 19.9 Å². The highest BCUT2D eigenvalue weighted by Crippen LogP contribution is 2.47. The second kappa shape index (κ2) is 11.2. The molecule has 2 aromatic carbocycles. The van der Waals surface area contributed by atoms with Gasteiger partial charge in [-0.2, -0.15) is 0 Å². The molecule has 3 fully saturated rings. The Balaban J connectivity index is 1.42. The summed E-state index contributed by atoms with van der Waals surface area (Å²) in [5.41, 5.74) is 5.65. The van der Waals surface area contributed by atoms with Crippen LogP contribution in [0.15, 0.2) is 60.7 Å². The summed E-state index contributed by atoms with van der Waals surface area (Å²) in [6, 6.07) is 19.0. The predicted molar refractivity (Wildman–Crippen MR) is 144 cm³/mol. The monoisotopic (exact) mass is 521 g/mol. The number of nitrogens with two attached hydrogens (primary N) is 1. The highest BCUT2D eigenvalue weighted by Gasteiger charge is 2.57. The highest BCUT2D eigenvalue weighted by atomic mass is 16.7. The van der Waals surface area contributed by atoms with Gasteiger partial charge in [-0.1, -0.05) is 74.5 Å². The highest BCUT2D eigenvalue weighted by molar-refractivity contribution is 5.86. The van der Waals surface area contributed by atoms with E-state index in [1.165, 1.54) is 43.3 Å². The van der Waals surface area contributed by atoms with Crippen LogP contribution in [0.2, 0.25) is 0 Å². The van der Waals surface area contributed by atoms with Crippen LogP contribution in [0.1, 0.15) is 63.5 Å². The minimum atomic E-state index is -1.58. The van der Waals surface area contributed by atoms with E-state index >= 15 is 0 Å². The summed E-state index contributed by atoms with van der Waals surface area (Å²) in [7, 11) is 0. The molecule has 38 heavy (non-hydrogen) atoms. The van der Waals surface area contributed by atoms with Gasteiger partial charge in [0.25, 0.3) is 0 Å². The largest absolute Gasteiger partial charge is 0.459 e. The van der Waals surface area contributed by atoms with Gasteiger partial charge in [-0.3, -0.25) is 4.79 Å². The lowest BCUT2D eigenvalue weighted by molar-refractivity contribution is -0.956. The van der Waals surface area contributed by atoms with Gasteiger partial charge in [0.05, 0.1) is 25.2 Å². The molecular formula is C31H41N2O5+. The third-order valence-electron chi connectivity index (χ3n) is 9.15. The standard InChI is InChI=1S/C31H41N2O5/c1-22(2)28(32)29(34)36-21-37-31(23-11-5-3-6-12-23,24-13-7-4-8-14-24)30(35)38-27-19-25-15-16-26(20-27)33(25)17-9-10-18-33/h3-8,11-14,22,25-28H,9-10,15-21,32H2,1-2H3/q+1/t25?,26?,27?,28-/m0/s1. The summed E-state index contributed by atoms with van der Waals surface area (Å²) in [5, 5.41) is 0. The molecule has 0 radical (unpaired) electrons. The minimum Gasteiger partial charge on any atom is -0.459 e. The van der Waals surface area contributed by atoms with E-state index in [0.29, 0.717) is 23.2 Å². The van der Waals surface area contributed by atoms with Crippen molar-refractivity contribution < 1.29 is 28.3 Å². The van der Waals surface area contributed by atoms with Crippen molar-refractivity contribution in [2.75, 3.05) is 19.9 Å². The van der Waals surface area contributed by atoms with Gasteiger partial charge >= 0.3 is 11.9 Å². The van der Waals surface area contributed by atoms with Crippen LogP contribution in [-0.4, -0.2) is 60.5 Å². The molecule has 1 spiro atoms. The summed E-state index contributed by atoms with van der Waals surface area (Å²) in [6.45, 7) is 5.82. The van der Waals surface area contributed by atoms with Crippen molar-refractivity contribution in [2.24, 2.45) is 11.7 Å². The van der Waals surface area contributed by atoms with E-state index in [1.807, 2.05) is 74.5 Å². The summed E-state index contributed by atoms with van der Waals surface area (Å²) >= 11 is 0. The van der Waals surface area contributed by atoms with Crippen LogP contribution in [0.3, 0.4) is 0 Å². The zero-order valence-corrected chi connectivity index (χ0v) is 22.6. The molecule has 0 amide bonds. The van der Waals surface area contributed by atoms with Crippen LogP contribution in [0.5, 0.6) is 0 Å². The lowest BCUT2D eigenvalue weighted by Gasteiger charge is -2.47. The zero-order chi connectivity index (χ0) is 26.8. The van der Waals surface area contributed by atoms with Gasteiger partial charge in [0.15, 0.2) is 6.79 Å². The SMILES string of the molecule is CC(C)[C@H](N)C(=O)OCOC(C(=O)OC1CC2CCC(C1)[N+]21CCCC1)(c1ccccc1)c1ccccc1. The van der Waals surface area contributed by atoms with Crippen molar-refractivity contribution >= 4 is 11.9 Å². The van der Waals surface area contributed by atoms with Gasteiger partial charge in [0.1, 0.15) is 12.1 Å². The topological polar surface area (TPSA) is 87.9 Å². The predicted octanol–water partition coefficient (Wildman–Crippen LogP) is 4.28. The molecule has 204 valence electrons. The average Bonchev–Trinajstić information content (AvgIpc) is 3.48. The van der Waals surface area contributed by atoms with E-state index in [2.05, 4.69) is 0 Å². The fourth-order valence-electron chi connectivity index (χ4n) is 7.06. The van der Waals surface area contributed by atoms with Gasteiger partial charge in [0.2, 0.25) is 5.60 Å². The number of hydrogen-bond donors (Lipinski definition) is 1. The number of piperidine rings is 1. The van der Waals surface area contributed by atoms with Crippen molar-refractivity contribution in [1.29, 1.82) is 0 Å². The van der Waals surface area contributed by atoms with Crippen LogP contribution in [-0.2, 0) is 29.4 Å². The maximum atomic E-state index is 14.3. The number of quaternary nitrogens is 1. The van der Waals surface area contributed by atoms with Gasteiger partial charge in [-0.25, -0.2) is 4.79 Å². The third kappa shape index (κ3) is 4.88. The van der Waals surface area contributed by atoms with E-state index < -0.39 is 30.4 Å². The maximum absolute atomic E-state index is 14.3. The van der Waals surface area contributed by atoms with Crippen molar-refractivity contribution in [3.05, 3.63) is 71.8 Å². The molecule has 0 saturated carbocycles. The van der Waals surface area contributed by atoms with Crippen LogP contribution in [0.4, 0.5) is 0 Å². The molecule has 0 aromatic heterocycles. The average molecular weight is 522 g/mol. The summed E-state index contributed by atoms with van der Waals surface area (Å²) in [5.74, 6) is -1.12. The minimum absolute atomic E-state index is 0.0799. The number of benzene rings is 2. The molecule has 2 unspecified atom stereocenters. The Kier molecular flexibility index (Phi) is 7.89. The fraction of sp³-hybridized carbons (Fsp3) is 0.548. The van der Waals surface area contributed by atoms with E-state index in [1.54, 1.807) is 0 Å². The van der Waals surface area contributed by atoms with Crippen LogP contribution >= 0.6 is 0 Å². The number of carbonyl (C=O) groups excluding carboxylic acids is 2. The zero-order valence-electron chi connectivity index (χ0n) is 22.6. The third-order valence-corrected chi connectivity index (χ3v) is 9.15. The Morgan fingerprint density at radius 1 is 0.921 bits per heavy atom. The van der Waals surface area contributed by atoms with Gasteiger partial charge in [-0.15, -0.1) is 0 Å². The molecule has 7 nitrogen and oxygen atoms in total. The normalized spacial score (nSPS) is 24.9. The van der Waals surface area contributed by atoms with E-state index in [0.717, 1.165) is 12.8 Å². The van der Waals surface area contributed by atoms with E-state index in [9.17, 15) is 9.59 Å². The molecule has 3 saturated heterocycles. The van der Waals surface area contributed by atoms with Crippen molar-refractivity contribution in [2.45, 2.75) is 82.2 Å². The lowest BCUT2D eigenvalue weighted by Crippen LogP contribution is -2.60. The van der Waals surface area contributed by atoms with Crippen LogP contribution < -0.4 is 5.73 Å². The summed E-state index contributed by atoms with van der Waals surface area (Å²) in [6.07, 6.45) is 6.65. The number of hydrogen-bond acceptors (Lipinski definition) is 6. The first kappa shape index (κ1) is 26.9. The number of nitrogens with zero attached hydrogens (tertiary/aromatic N) is 1. The molecule has 3 aliphatic rings. The summed E-state index contributed by atoms with van der Waals surface area (Å²) < 4.78 is 19.3. The van der Waals surface area contributed by atoms with Crippen molar-refractivity contribution in [3.8, 4) is 0 Å². The molecule has 3 heterocycles. The lowest BCUT2D eigenvalue weighted by atomic mass is 9.85. The van der Waals surface area contributed by atoms with Gasteiger partial charge in [-0.05, 0) is 17.0 Å². The molecule has 5 rings (SSSR count). The molecule has 3 aliphatic heterocycles. The second-order valence-electron chi connectivity index (χ2n) is 11.5. The molecule has 0 aliphatic carbocycles. The molecule has 7 heteroatoms. The number of ether oxygens (including phenoxy) is 3. The maximum Gasteiger partial charge on any atom is 0.348 e. The Hall–Kier alpha value is -2.74. The fourth-order valence-corrected chi connectivity index (χ4v) is 7.06. The number of esters is 2. The summed E-state index contributed by atoms with van der Waals surface area (Å²) in [4.78, 5) is 26.8. The van der Waals surface area contributed by atoms with Crippen molar-refractivity contribution in [1.82, 2.24) is 0 Å². The Labute approximate surface area is 225 Å². The first-order valence-electron chi connectivity index (χ1n) is 14.1. The number of carbonyl (C=O) groups is 2. The van der Waals surface area contributed by atoms with Gasteiger partial charge < -0.3 is 24.4 Å². The molecule has 3 atom stereocenters. The quantitative estimate of drug-likeness (QED) is 0.301. The first-order chi connectivity index (χ1) is 18.4. The number of rotatable bonds is 9. The Morgan fingerprint density at radius 2 is 1.45 bits per heavy atom. The van der Waals surface area contributed by atoms with E-state index in [-0.39, 0.29) is 12.0 Å². The molecule has 2 N–H and O–H groups in total. The Bertz CT molecular complexity index is 1040. The van der Waals surface area contributed by atoms with Crippen molar-refractivity contribution in [3.63, 3.8) is 0 Å². The Morgan fingerprint density at radius 3 is 1.95 bits per heavy atom. The first-order valence-corrected chi connectivity index (χ1v) is 14.1. The molecule has 2 bridgehead atoms. The smallest absolute Gasteiger partial charge is 0.348 e.